The van der Waals surface area contributed by atoms with Crippen LogP contribution in [0.3, 0.4) is 0 Å². The van der Waals surface area contributed by atoms with Gasteiger partial charge in [0.2, 0.25) is 11.8 Å². The topological polar surface area (TPSA) is 52.7 Å². The molecule has 1 aliphatic rings. The fourth-order valence-electron chi connectivity index (χ4n) is 2.72. The lowest BCUT2D eigenvalue weighted by atomic mass is 10.3. The highest BCUT2D eigenvalue weighted by Gasteiger charge is 2.31. The van der Waals surface area contributed by atoms with Gasteiger partial charge < -0.3 is 10.2 Å². The fourth-order valence-corrected chi connectivity index (χ4v) is 3.83. The van der Waals surface area contributed by atoms with E-state index in [1.807, 2.05) is 6.07 Å². The van der Waals surface area contributed by atoms with Gasteiger partial charge in [-0.25, -0.2) is 0 Å². The van der Waals surface area contributed by atoms with E-state index in [0.29, 0.717) is 25.2 Å². The largest absolute Gasteiger partial charge is 0.401 e. The number of benzene rings is 1. The van der Waals surface area contributed by atoms with E-state index in [4.69, 9.17) is 0 Å². The fraction of sp³-hybridized carbons (Fsp3) is 0.529. The minimum atomic E-state index is -4.23. The molecule has 1 aliphatic heterocycles. The molecule has 1 N–H and O–H groups in total. The van der Waals surface area contributed by atoms with Crippen molar-refractivity contribution in [3.63, 3.8) is 0 Å². The number of thioether (sulfide) groups is 1. The summed E-state index contributed by atoms with van der Waals surface area (Å²) in [6, 6.07) is 7.19. The van der Waals surface area contributed by atoms with Crippen LogP contribution in [-0.2, 0) is 9.59 Å². The van der Waals surface area contributed by atoms with Crippen LogP contribution >= 0.6 is 27.7 Å². The van der Waals surface area contributed by atoms with Crippen LogP contribution in [0.4, 0.5) is 18.9 Å². The summed E-state index contributed by atoms with van der Waals surface area (Å²) < 4.78 is 38.3. The van der Waals surface area contributed by atoms with E-state index in [9.17, 15) is 22.8 Å². The maximum Gasteiger partial charge on any atom is 0.401 e. The van der Waals surface area contributed by atoms with Gasteiger partial charge in [0, 0.05) is 36.3 Å². The third-order valence-corrected chi connectivity index (χ3v) is 5.32. The molecule has 150 valence electrons. The zero-order valence-electron chi connectivity index (χ0n) is 14.6. The molecule has 2 amide bonds. The van der Waals surface area contributed by atoms with E-state index in [0.717, 1.165) is 4.47 Å². The molecule has 0 saturated carbocycles. The summed E-state index contributed by atoms with van der Waals surface area (Å²) in [7, 11) is 0. The van der Waals surface area contributed by atoms with Gasteiger partial charge in [-0.2, -0.15) is 13.2 Å². The first-order valence-corrected chi connectivity index (χ1v) is 10.4. The zero-order valence-corrected chi connectivity index (χ0v) is 17.0. The first-order chi connectivity index (χ1) is 12.7. The lowest BCUT2D eigenvalue weighted by molar-refractivity contribution is -0.145. The number of hydrogen-bond acceptors (Lipinski definition) is 4. The van der Waals surface area contributed by atoms with E-state index < -0.39 is 12.7 Å². The predicted octanol–water partition coefficient (Wildman–Crippen LogP) is 3.22. The van der Waals surface area contributed by atoms with Crippen molar-refractivity contribution in [1.29, 1.82) is 0 Å². The molecule has 1 aromatic carbocycles. The standard InChI is InChI=1S/C17H21BrF3N3O2S/c18-13-3-1-4-14(9-13)22-15(25)10-27-11-16(26)24-6-2-5-23(7-8-24)12-17(19,20)21/h1,3-4,9H,2,5-8,10-12H2,(H,22,25). The number of nitrogens with zero attached hydrogens (tertiary/aromatic N) is 2. The van der Waals surface area contributed by atoms with Crippen molar-refractivity contribution in [3.05, 3.63) is 28.7 Å². The monoisotopic (exact) mass is 467 g/mol. The first kappa shape index (κ1) is 22.0. The van der Waals surface area contributed by atoms with Gasteiger partial charge in [0.05, 0.1) is 18.1 Å². The lowest BCUT2D eigenvalue weighted by Gasteiger charge is -2.22. The number of carbonyl (C=O) groups excluding carboxylic acids is 2. The van der Waals surface area contributed by atoms with Crippen molar-refractivity contribution in [2.75, 3.05) is 49.5 Å². The molecule has 10 heteroatoms. The normalized spacial score (nSPS) is 16.1. The number of rotatable bonds is 6. The molecule has 0 unspecified atom stereocenters. The minimum absolute atomic E-state index is 0.130. The third kappa shape index (κ3) is 8.52. The smallest absolute Gasteiger partial charge is 0.341 e. The number of amides is 2. The molecule has 0 aliphatic carbocycles. The Morgan fingerprint density at radius 2 is 1.93 bits per heavy atom. The quantitative estimate of drug-likeness (QED) is 0.697. The zero-order chi connectivity index (χ0) is 19.9. The Labute approximate surface area is 168 Å². The van der Waals surface area contributed by atoms with Crippen molar-refractivity contribution >= 4 is 45.2 Å². The number of halogens is 4. The number of carbonyl (C=O) groups is 2. The Bertz CT molecular complexity index is 661. The molecule has 1 aromatic rings. The van der Waals surface area contributed by atoms with Crippen LogP contribution in [0.1, 0.15) is 6.42 Å². The van der Waals surface area contributed by atoms with E-state index >= 15 is 0 Å². The molecule has 0 radical (unpaired) electrons. The number of hydrogen-bond donors (Lipinski definition) is 1. The van der Waals surface area contributed by atoms with Gasteiger partial charge in [0.1, 0.15) is 0 Å². The Kier molecular flexibility index (Phi) is 8.43. The average molecular weight is 468 g/mol. The minimum Gasteiger partial charge on any atom is -0.341 e. The van der Waals surface area contributed by atoms with Gasteiger partial charge in [-0.05, 0) is 24.6 Å². The summed E-state index contributed by atoms with van der Waals surface area (Å²) in [6.07, 6.45) is -3.72. The summed E-state index contributed by atoms with van der Waals surface area (Å²) in [5.74, 6) is -0.0977. The Balaban J connectivity index is 1.70. The average Bonchev–Trinajstić information content (AvgIpc) is 2.78. The summed E-state index contributed by atoms with van der Waals surface area (Å²) >= 11 is 4.52. The van der Waals surface area contributed by atoms with E-state index in [-0.39, 0.29) is 36.4 Å². The molecule has 1 fully saturated rings. The van der Waals surface area contributed by atoms with Crippen LogP contribution in [-0.4, -0.2) is 72.0 Å². The van der Waals surface area contributed by atoms with Crippen molar-refractivity contribution in [3.8, 4) is 0 Å². The van der Waals surface area contributed by atoms with Gasteiger partial charge in [-0.15, -0.1) is 11.8 Å². The van der Waals surface area contributed by atoms with Crippen LogP contribution in [0.25, 0.3) is 0 Å². The van der Waals surface area contributed by atoms with E-state index in [1.54, 1.807) is 23.1 Å². The summed E-state index contributed by atoms with van der Waals surface area (Å²) in [4.78, 5) is 27.1. The summed E-state index contributed by atoms with van der Waals surface area (Å²) in [5, 5.41) is 2.75. The van der Waals surface area contributed by atoms with Gasteiger partial charge in [0.15, 0.2) is 0 Å². The van der Waals surface area contributed by atoms with Crippen LogP contribution in [0.15, 0.2) is 28.7 Å². The predicted molar refractivity (Wildman–Crippen MR) is 104 cm³/mol. The van der Waals surface area contributed by atoms with Crippen molar-refractivity contribution in [2.45, 2.75) is 12.6 Å². The van der Waals surface area contributed by atoms with Gasteiger partial charge >= 0.3 is 6.18 Å². The molecule has 0 atom stereocenters. The van der Waals surface area contributed by atoms with Crippen LogP contribution < -0.4 is 5.32 Å². The first-order valence-electron chi connectivity index (χ1n) is 8.43. The second-order valence-electron chi connectivity index (χ2n) is 6.18. The van der Waals surface area contributed by atoms with E-state index in [2.05, 4.69) is 21.2 Å². The molecular formula is C17H21BrF3N3O2S. The molecule has 0 spiro atoms. The third-order valence-electron chi connectivity index (χ3n) is 3.91. The molecule has 0 aromatic heterocycles. The van der Waals surface area contributed by atoms with Crippen molar-refractivity contribution in [1.82, 2.24) is 9.80 Å². The van der Waals surface area contributed by atoms with Crippen LogP contribution in [0, 0.1) is 0 Å². The van der Waals surface area contributed by atoms with E-state index in [1.165, 1.54) is 16.7 Å². The number of alkyl halides is 3. The molecule has 0 bridgehead atoms. The second-order valence-corrected chi connectivity index (χ2v) is 8.08. The molecule has 2 rings (SSSR count). The van der Waals surface area contributed by atoms with Gasteiger partial charge in [0.25, 0.3) is 0 Å². The van der Waals surface area contributed by atoms with Gasteiger partial charge in [-0.1, -0.05) is 22.0 Å². The molecular weight excluding hydrogens is 447 g/mol. The molecule has 1 heterocycles. The summed E-state index contributed by atoms with van der Waals surface area (Å²) in [5.41, 5.74) is 0.665. The van der Waals surface area contributed by atoms with Crippen molar-refractivity contribution in [2.24, 2.45) is 0 Å². The number of nitrogens with one attached hydrogen (secondary N) is 1. The Hall–Kier alpha value is -1.26. The Morgan fingerprint density at radius 3 is 2.63 bits per heavy atom. The highest BCUT2D eigenvalue weighted by Crippen LogP contribution is 2.18. The highest BCUT2D eigenvalue weighted by atomic mass is 79.9. The maximum absolute atomic E-state index is 12.5. The van der Waals surface area contributed by atoms with Crippen molar-refractivity contribution < 1.29 is 22.8 Å². The maximum atomic E-state index is 12.5. The lowest BCUT2D eigenvalue weighted by Crippen LogP contribution is -2.39. The van der Waals surface area contributed by atoms with Crippen LogP contribution in [0.5, 0.6) is 0 Å². The SMILES string of the molecule is O=C(CSCC(=O)N1CCCN(CC(F)(F)F)CC1)Nc1cccc(Br)c1. The molecule has 5 nitrogen and oxygen atoms in total. The highest BCUT2D eigenvalue weighted by molar-refractivity contribution is 9.10. The second kappa shape index (κ2) is 10.3. The molecule has 27 heavy (non-hydrogen) atoms. The Morgan fingerprint density at radius 1 is 1.15 bits per heavy atom. The molecule has 1 saturated heterocycles. The number of anilines is 1. The van der Waals surface area contributed by atoms with Crippen LogP contribution in [0.2, 0.25) is 0 Å². The van der Waals surface area contributed by atoms with Gasteiger partial charge in [-0.3, -0.25) is 14.5 Å². The summed E-state index contributed by atoms with van der Waals surface area (Å²) in [6.45, 7) is 0.308.